The van der Waals surface area contributed by atoms with Gasteiger partial charge in [-0.3, -0.25) is 4.79 Å². The maximum Gasteiger partial charge on any atom is 0.350 e. The van der Waals surface area contributed by atoms with E-state index in [0.29, 0.717) is 15.8 Å². The Morgan fingerprint density at radius 2 is 1.88 bits per heavy atom. The van der Waals surface area contributed by atoms with Crippen molar-refractivity contribution in [3.63, 3.8) is 0 Å². The van der Waals surface area contributed by atoms with Crippen molar-refractivity contribution >= 4 is 28.2 Å². The van der Waals surface area contributed by atoms with Gasteiger partial charge in [0.15, 0.2) is 11.5 Å². The smallest absolute Gasteiger partial charge is 0.350 e. The molecule has 3 N–H and O–H groups in total. The molecule has 4 aromatic rings. The summed E-state index contributed by atoms with van der Waals surface area (Å²) < 4.78 is 5.73. The summed E-state index contributed by atoms with van der Waals surface area (Å²) in [7, 11) is 1.43. The topological polar surface area (TPSA) is 112 Å². The molecule has 8 nitrogen and oxygen atoms in total. The molecule has 0 aliphatic carbocycles. The first-order valence-electron chi connectivity index (χ1n) is 7.76. The van der Waals surface area contributed by atoms with E-state index in [-0.39, 0.29) is 17.0 Å². The summed E-state index contributed by atoms with van der Waals surface area (Å²) in [6.45, 7) is 0. The first kappa shape index (κ1) is 15.7. The van der Waals surface area contributed by atoms with Gasteiger partial charge in [0.2, 0.25) is 0 Å². The van der Waals surface area contributed by atoms with Gasteiger partial charge in [0.05, 0.1) is 18.8 Å². The van der Waals surface area contributed by atoms with Crippen molar-refractivity contribution in [1.82, 2.24) is 14.6 Å². The molecule has 130 valence electrons. The maximum atomic E-state index is 12.7. The highest BCUT2D eigenvalue weighted by atomic mass is 16.5. The molecule has 2 aromatic heterocycles. The Hall–Kier alpha value is -3.81. The lowest BCUT2D eigenvalue weighted by Gasteiger charge is -2.04. The molecule has 2 heterocycles. The fraction of sp³-hybridized carbons (Fsp3) is 0.0556. The predicted molar refractivity (Wildman–Crippen MR) is 98.3 cm³/mol. The number of nitrogens with zero attached hydrogens (tertiary/aromatic N) is 2. The Kier molecular flexibility index (Phi) is 3.58. The number of benzene rings is 2. The summed E-state index contributed by atoms with van der Waals surface area (Å²) in [6, 6.07) is 12.1. The van der Waals surface area contributed by atoms with Gasteiger partial charge in [0, 0.05) is 16.5 Å². The summed E-state index contributed by atoms with van der Waals surface area (Å²) in [5.74, 6) is 0.135. The Balaban J connectivity index is 1.89. The number of hydrogen-bond donors (Lipinski definition) is 3. The van der Waals surface area contributed by atoms with Gasteiger partial charge < -0.3 is 19.8 Å². The second-order valence-corrected chi connectivity index (χ2v) is 5.61. The third kappa shape index (κ3) is 2.35. The Bertz CT molecular complexity index is 1280. The van der Waals surface area contributed by atoms with E-state index in [1.54, 1.807) is 18.2 Å². The molecule has 0 saturated heterocycles. The minimum absolute atomic E-state index is 0.130. The van der Waals surface area contributed by atoms with E-state index in [4.69, 9.17) is 4.74 Å². The van der Waals surface area contributed by atoms with Gasteiger partial charge in [-0.1, -0.05) is 24.3 Å². The minimum Gasteiger partial charge on any atom is -0.504 e. The van der Waals surface area contributed by atoms with E-state index in [0.717, 1.165) is 10.9 Å². The molecule has 4 rings (SSSR count). The molecule has 0 aliphatic heterocycles. The zero-order chi connectivity index (χ0) is 18.3. The van der Waals surface area contributed by atoms with Gasteiger partial charge >= 0.3 is 11.2 Å². The van der Waals surface area contributed by atoms with Crippen molar-refractivity contribution in [1.29, 1.82) is 0 Å². The number of ether oxygens (including phenoxy) is 1. The van der Waals surface area contributed by atoms with E-state index in [1.165, 1.54) is 13.3 Å². The van der Waals surface area contributed by atoms with Crippen LogP contribution in [0.4, 0.5) is 0 Å². The van der Waals surface area contributed by atoms with Crippen LogP contribution in [-0.4, -0.2) is 33.1 Å². The van der Waals surface area contributed by atoms with Gasteiger partial charge in [-0.15, -0.1) is 4.68 Å². The molecule has 0 aliphatic rings. The number of phenolic OH excluding ortho intramolecular Hbond substituents is 1. The number of aromatic hydroxyl groups is 1. The summed E-state index contributed by atoms with van der Waals surface area (Å²) in [5, 5.41) is 14.8. The lowest BCUT2D eigenvalue weighted by atomic mass is 10.2. The molecule has 2 aromatic carbocycles. The first-order valence-corrected chi connectivity index (χ1v) is 7.76. The number of nitrogens with one attached hydrogen (secondary N) is 2. The predicted octanol–water partition coefficient (Wildman–Crippen LogP) is 1.77. The van der Waals surface area contributed by atoms with Crippen LogP contribution in [-0.2, 0) is 0 Å². The second kappa shape index (κ2) is 5.92. The molecule has 0 radical (unpaired) electrons. The Morgan fingerprint density at radius 3 is 2.69 bits per heavy atom. The van der Waals surface area contributed by atoms with Crippen LogP contribution in [0.1, 0.15) is 5.56 Å². The Morgan fingerprint density at radius 1 is 1.08 bits per heavy atom. The number of aromatic nitrogens is 3. The summed E-state index contributed by atoms with van der Waals surface area (Å²) in [4.78, 5) is 30.6. The third-order valence-corrected chi connectivity index (χ3v) is 4.10. The number of rotatable bonds is 3. The molecule has 0 unspecified atom stereocenters. The second-order valence-electron chi connectivity index (χ2n) is 5.61. The Labute approximate surface area is 146 Å². The maximum absolute atomic E-state index is 12.7. The number of hydrogen-bond acceptors (Lipinski definition) is 5. The van der Waals surface area contributed by atoms with Crippen molar-refractivity contribution in [2.75, 3.05) is 7.11 Å². The van der Waals surface area contributed by atoms with Crippen LogP contribution in [0.5, 0.6) is 11.5 Å². The van der Waals surface area contributed by atoms with Crippen LogP contribution < -0.4 is 16.0 Å². The normalized spacial score (nSPS) is 11.6. The molecule has 0 spiro atoms. The van der Waals surface area contributed by atoms with E-state index < -0.39 is 11.2 Å². The van der Waals surface area contributed by atoms with Gasteiger partial charge in [-0.2, -0.15) is 5.10 Å². The highest BCUT2D eigenvalue weighted by Gasteiger charge is 2.12. The molecule has 0 atom stereocenters. The SMILES string of the molecule is COc1cccc(/C=N/n2c(=O)[nH]c3c([nH]c4ccccc43)c2=O)c1O. The number of phenols is 1. The van der Waals surface area contributed by atoms with Crippen LogP contribution >= 0.6 is 0 Å². The van der Waals surface area contributed by atoms with E-state index in [9.17, 15) is 14.7 Å². The minimum atomic E-state index is -0.675. The van der Waals surface area contributed by atoms with E-state index >= 15 is 0 Å². The lowest BCUT2D eigenvalue weighted by Crippen LogP contribution is -2.32. The van der Waals surface area contributed by atoms with Crippen LogP contribution in [0.25, 0.3) is 21.9 Å². The number of aromatic amines is 2. The molecule has 0 bridgehead atoms. The van der Waals surface area contributed by atoms with Crippen molar-refractivity contribution < 1.29 is 9.84 Å². The zero-order valence-electron chi connectivity index (χ0n) is 13.7. The van der Waals surface area contributed by atoms with Crippen LogP contribution in [0.3, 0.4) is 0 Å². The molecular formula is C18H14N4O4. The largest absolute Gasteiger partial charge is 0.504 e. The van der Waals surface area contributed by atoms with Crippen LogP contribution in [0.15, 0.2) is 57.2 Å². The summed E-state index contributed by atoms with van der Waals surface area (Å²) >= 11 is 0. The van der Waals surface area contributed by atoms with Crippen molar-refractivity contribution in [3.8, 4) is 11.5 Å². The quantitative estimate of drug-likeness (QED) is 0.489. The highest BCUT2D eigenvalue weighted by Crippen LogP contribution is 2.28. The third-order valence-electron chi connectivity index (χ3n) is 4.10. The first-order chi connectivity index (χ1) is 12.6. The molecular weight excluding hydrogens is 336 g/mol. The molecule has 8 heteroatoms. The van der Waals surface area contributed by atoms with Crippen molar-refractivity contribution in [2.45, 2.75) is 0 Å². The van der Waals surface area contributed by atoms with Gasteiger partial charge in [-0.25, -0.2) is 4.79 Å². The van der Waals surface area contributed by atoms with E-state index in [2.05, 4.69) is 15.1 Å². The number of para-hydroxylation sites is 2. The zero-order valence-corrected chi connectivity index (χ0v) is 13.7. The monoisotopic (exact) mass is 350 g/mol. The van der Waals surface area contributed by atoms with Gasteiger partial charge in [-0.05, 0) is 18.2 Å². The fourth-order valence-corrected chi connectivity index (χ4v) is 2.82. The number of methoxy groups -OCH3 is 1. The lowest BCUT2D eigenvalue weighted by molar-refractivity contribution is 0.373. The van der Waals surface area contributed by atoms with Crippen molar-refractivity contribution in [3.05, 3.63) is 68.9 Å². The number of H-pyrrole nitrogens is 2. The summed E-state index contributed by atoms with van der Waals surface area (Å²) in [5.41, 5.74) is 0.475. The van der Waals surface area contributed by atoms with E-state index in [1.807, 2.05) is 24.3 Å². The fourth-order valence-electron chi connectivity index (χ4n) is 2.82. The molecule has 0 saturated carbocycles. The molecule has 0 amide bonds. The average molecular weight is 350 g/mol. The van der Waals surface area contributed by atoms with Gasteiger partial charge in [0.25, 0.3) is 0 Å². The number of fused-ring (bicyclic) bond motifs is 3. The molecule has 0 fully saturated rings. The van der Waals surface area contributed by atoms with Gasteiger partial charge in [0.1, 0.15) is 5.52 Å². The summed E-state index contributed by atoms with van der Waals surface area (Å²) in [6.07, 6.45) is 1.23. The highest BCUT2D eigenvalue weighted by molar-refractivity contribution is 6.04. The standard InChI is InChI=1S/C18H14N4O4/c1-26-13-8-4-5-10(16(13)23)9-19-22-17(24)15-14(21-18(22)25)11-6-2-3-7-12(11)20-15/h2-9,20,23H,1H3,(H,21,25)/b19-9+. The van der Waals surface area contributed by atoms with Crippen molar-refractivity contribution in [2.24, 2.45) is 5.10 Å². The van der Waals surface area contributed by atoms with Crippen LogP contribution in [0, 0.1) is 0 Å². The molecule has 26 heavy (non-hydrogen) atoms. The average Bonchev–Trinajstić information content (AvgIpc) is 3.02. The van der Waals surface area contributed by atoms with Crippen LogP contribution in [0.2, 0.25) is 0 Å².